The topological polar surface area (TPSA) is 96.0 Å². The number of benzene rings is 1. The molecule has 0 aliphatic heterocycles. The third-order valence-corrected chi connectivity index (χ3v) is 5.43. The van der Waals surface area contributed by atoms with Gasteiger partial charge in [-0.1, -0.05) is 20.8 Å². The minimum Gasteiger partial charge on any atom is -0.399 e. The zero-order valence-electron chi connectivity index (χ0n) is 12.1. The van der Waals surface area contributed by atoms with Gasteiger partial charge in [-0.05, 0) is 37.5 Å². The molecule has 0 amide bonds. The van der Waals surface area contributed by atoms with E-state index in [1.807, 2.05) is 26.8 Å². The molecule has 110 valence electrons. The maximum Gasteiger partial charge on any atom is 0.242 e. The lowest BCUT2D eigenvalue weighted by Crippen LogP contribution is -2.47. The number of nitrogens with one attached hydrogen (secondary N) is 1. The highest BCUT2D eigenvalue weighted by molar-refractivity contribution is 7.89. The molecule has 0 saturated heterocycles. The molecular formula is C14H21N3O2S. The normalized spacial score (nSPS) is 12.1. The molecule has 0 aliphatic carbocycles. The van der Waals surface area contributed by atoms with Crippen molar-refractivity contribution in [1.29, 1.82) is 5.26 Å². The monoisotopic (exact) mass is 295 g/mol. The zero-order valence-corrected chi connectivity index (χ0v) is 12.9. The Balaban J connectivity index is 3.28. The number of anilines is 1. The average molecular weight is 295 g/mol. The molecule has 20 heavy (non-hydrogen) atoms. The van der Waals surface area contributed by atoms with Crippen LogP contribution in [0, 0.1) is 11.3 Å². The standard InChI is InChI=1S/C14H21N3O2S/c1-4-14(5-2,6-3)17-20(18,19)13-8-7-12(16)9-11(13)10-15/h7-9,17H,4-6,16H2,1-3H3. The summed E-state index contributed by atoms with van der Waals surface area (Å²) >= 11 is 0. The highest BCUT2D eigenvalue weighted by Crippen LogP contribution is 2.25. The first kappa shape index (κ1) is 16.5. The number of nitrogen functional groups attached to an aromatic ring is 1. The smallest absolute Gasteiger partial charge is 0.242 e. The molecule has 1 rings (SSSR count). The van der Waals surface area contributed by atoms with E-state index in [2.05, 4.69) is 4.72 Å². The molecule has 3 N–H and O–H groups in total. The summed E-state index contributed by atoms with van der Waals surface area (Å²) in [5, 5.41) is 9.08. The molecule has 0 radical (unpaired) electrons. The Morgan fingerprint density at radius 3 is 2.25 bits per heavy atom. The number of rotatable bonds is 6. The highest BCUT2D eigenvalue weighted by Gasteiger charge is 2.31. The summed E-state index contributed by atoms with van der Waals surface area (Å²) in [7, 11) is -3.74. The fraction of sp³-hybridized carbons (Fsp3) is 0.500. The molecule has 0 aliphatic rings. The van der Waals surface area contributed by atoms with E-state index in [0.717, 1.165) is 0 Å². The van der Waals surface area contributed by atoms with Crippen molar-refractivity contribution in [2.24, 2.45) is 0 Å². The van der Waals surface area contributed by atoms with Crippen LogP contribution in [0.4, 0.5) is 5.69 Å². The minimum atomic E-state index is -3.74. The van der Waals surface area contributed by atoms with E-state index in [4.69, 9.17) is 11.0 Å². The zero-order chi connectivity index (χ0) is 15.4. The van der Waals surface area contributed by atoms with Crippen molar-refractivity contribution in [3.63, 3.8) is 0 Å². The summed E-state index contributed by atoms with van der Waals surface area (Å²) in [5.74, 6) is 0. The first-order valence-corrected chi connectivity index (χ1v) is 8.16. The Bertz CT molecular complexity index is 606. The Morgan fingerprint density at radius 2 is 1.80 bits per heavy atom. The van der Waals surface area contributed by atoms with Crippen LogP contribution >= 0.6 is 0 Å². The van der Waals surface area contributed by atoms with Crippen LogP contribution in [-0.2, 0) is 10.0 Å². The number of nitriles is 1. The van der Waals surface area contributed by atoms with Crippen molar-refractivity contribution in [1.82, 2.24) is 4.72 Å². The van der Waals surface area contributed by atoms with E-state index in [0.29, 0.717) is 24.9 Å². The van der Waals surface area contributed by atoms with E-state index < -0.39 is 15.6 Å². The van der Waals surface area contributed by atoms with Crippen LogP contribution in [0.3, 0.4) is 0 Å². The van der Waals surface area contributed by atoms with Gasteiger partial charge in [-0.25, -0.2) is 13.1 Å². The van der Waals surface area contributed by atoms with Gasteiger partial charge in [0.25, 0.3) is 0 Å². The third kappa shape index (κ3) is 3.30. The summed E-state index contributed by atoms with van der Waals surface area (Å²) in [4.78, 5) is -0.0195. The van der Waals surface area contributed by atoms with Gasteiger partial charge < -0.3 is 5.73 Å². The molecule has 0 unspecified atom stereocenters. The first-order valence-electron chi connectivity index (χ1n) is 6.67. The predicted octanol–water partition coefficient (Wildman–Crippen LogP) is 2.39. The average Bonchev–Trinajstić information content (AvgIpc) is 2.44. The van der Waals surface area contributed by atoms with Gasteiger partial charge >= 0.3 is 0 Å². The maximum atomic E-state index is 12.5. The lowest BCUT2D eigenvalue weighted by Gasteiger charge is -2.31. The van der Waals surface area contributed by atoms with Crippen molar-refractivity contribution in [2.75, 3.05) is 5.73 Å². The van der Waals surface area contributed by atoms with Crippen LogP contribution in [0.2, 0.25) is 0 Å². The molecule has 6 heteroatoms. The fourth-order valence-corrected chi connectivity index (χ4v) is 3.93. The summed E-state index contributed by atoms with van der Waals surface area (Å²) < 4.78 is 27.8. The number of sulfonamides is 1. The highest BCUT2D eigenvalue weighted by atomic mass is 32.2. The molecule has 0 saturated carbocycles. The van der Waals surface area contributed by atoms with Crippen LogP contribution in [0.5, 0.6) is 0 Å². The van der Waals surface area contributed by atoms with Crippen LogP contribution in [0.15, 0.2) is 23.1 Å². The largest absolute Gasteiger partial charge is 0.399 e. The quantitative estimate of drug-likeness (QED) is 0.787. The molecule has 0 fully saturated rings. The first-order chi connectivity index (χ1) is 9.34. The summed E-state index contributed by atoms with van der Waals surface area (Å²) in [5.41, 5.74) is 5.54. The molecule has 0 heterocycles. The molecule has 0 aromatic heterocycles. The molecule has 5 nitrogen and oxygen atoms in total. The van der Waals surface area contributed by atoms with Crippen molar-refractivity contribution < 1.29 is 8.42 Å². The Hall–Kier alpha value is -1.58. The molecule has 1 aromatic rings. The molecule has 0 atom stereocenters. The van der Waals surface area contributed by atoms with Gasteiger partial charge in [-0.15, -0.1) is 0 Å². The van der Waals surface area contributed by atoms with Crippen molar-refractivity contribution in [3.05, 3.63) is 23.8 Å². The SMILES string of the molecule is CCC(CC)(CC)NS(=O)(=O)c1ccc(N)cc1C#N. The van der Waals surface area contributed by atoms with E-state index in [1.54, 1.807) is 0 Å². The minimum absolute atomic E-state index is 0.0195. The maximum absolute atomic E-state index is 12.5. The van der Waals surface area contributed by atoms with Crippen molar-refractivity contribution in [3.8, 4) is 6.07 Å². The van der Waals surface area contributed by atoms with E-state index in [9.17, 15) is 8.42 Å². The van der Waals surface area contributed by atoms with Crippen LogP contribution in [0.1, 0.15) is 45.6 Å². The number of nitrogens with two attached hydrogens (primary N) is 1. The summed E-state index contributed by atoms with van der Waals surface area (Å²) in [6.45, 7) is 5.84. The van der Waals surface area contributed by atoms with Gasteiger partial charge in [0, 0.05) is 11.2 Å². The predicted molar refractivity (Wildman–Crippen MR) is 79.5 cm³/mol. The molecule has 0 spiro atoms. The number of nitrogens with zero attached hydrogens (tertiary/aromatic N) is 1. The van der Waals surface area contributed by atoms with Gasteiger partial charge in [-0.3, -0.25) is 0 Å². The Labute approximate surface area is 120 Å². The number of hydrogen-bond donors (Lipinski definition) is 2. The lowest BCUT2D eigenvalue weighted by molar-refractivity contribution is 0.341. The van der Waals surface area contributed by atoms with Crippen molar-refractivity contribution in [2.45, 2.75) is 50.5 Å². The van der Waals surface area contributed by atoms with Gasteiger partial charge in [0.05, 0.1) is 10.5 Å². The molecule has 0 bridgehead atoms. The van der Waals surface area contributed by atoms with E-state index in [1.165, 1.54) is 18.2 Å². The number of hydrogen-bond acceptors (Lipinski definition) is 4. The van der Waals surface area contributed by atoms with Crippen LogP contribution < -0.4 is 10.5 Å². The van der Waals surface area contributed by atoms with Crippen LogP contribution in [0.25, 0.3) is 0 Å². The third-order valence-electron chi connectivity index (χ3n) is 3.79. The van der Waals surface area contributed by atoms with E-state index in [-0.39, 0.29) is 10.5 Å². The van der Waals surface area contributed by atoms with Gasteiger partial charge in [-0.2, -0.15) is 5.26 Å². The van der Waals surface area contributed by atoms with Gasteiger partial charge in [0.15, 0.2) is 0 Å². The second-order valence-electron chi connectivity index (χ2n) is 4.81. The fourth-order valence-electron chi connectivity index (χ4n) is 2.18. The Kier molecular flexibility index (Phi) is 5.15. The lowest BCUT2D eigenvalue weighted by atomic mass is 9.91. The van der Waals surface area contributed by atoms with Gasteiger partial charge in [0.1, 0.15) is 6.07 Å². The summed E-state index contributed by atoms with van der Waals surface area (Å²) in [6, 6.07) is 6.12. The second kappa shape index (κ2) is 6.25. The second-order valence-corrected chi connectivity index (χ2v) is 6.46. The van der Waals surface area contributed by atoms with Gasteiger partial charge in [0.2, 0.25) is 10.0 Å². The van der Waals surface area contributed by atoms with E-state index >= 15 is 0 Å². The van der Waals surface area contributed by atoms with Crippen LogP contribution in [-0.4, -0.2) is 14.0 Å². The summed E-state index contributed by atoms with van der Waals surface area (Å²) in [6.07, 6.45) is 2.07. The molecule has 1 aromatic carbocycles. The Morgan fingerprint density at radius 1 is 1.25 bits per heavy atom. The van der Waals surface area contributed by atoms with Crippen molar-refractivity contribution >= 4 is 15.7 Å². The molecular weight excluding hydrogens is 274 g/mol.